The van der Waals surface area contributed by atoms with E-state index in [9.17, 15) is 4.39 Å². The Morgan fingerprint density at radius 1 is 1.26 bits per heavy atom. The van der Waals surface area contributed by atoms with Crippen molar-refractivity contribution >= 4 is 11.5 Å². The maximum Gasteiger partial charge on any atom is 0.154 e. The van der Waals surface area contributed by atoms with Gasteiger partial charge < -0.3 is 0 Å². The molecule has 1 aliphatic rings. The molecular formula is C16H21FN2. The minimum Gasteiger partial charge on any atom is -0.270 e. The van der Waals surface area contributed by atoms with Gasteiger partial charge in [-0.05, 0) is 56.4 Å². The Labute approximate surface area is 114 Å². The first-order chi connectivity index (χ1) is 9.11. The van der Waals surface area contributed by atoms with Crippen LogP contribution in [0.4, 0.5) is 4.39 Å². The number of benzene rings is 1. The summed E-state index contributed by atoms with van der Waals surface area (Å²) >= 11 is 0. The Morgan fingerprint density at radius 3 is 2.53 bits per heavy atom. The maximum atomic E-state index is 13.3. The number of amidine groups is 1. The van der Waals surface area contributed by atoms with E-state index in [-0.39, 0.29) is 5.82 Å². The van der Waals surface area contributed by atoms with Crippen LogP contribution in [0, 0.1) is 18.7 Å². The highest BCUT2D eigenvalue weighted by molar-refractivity contribution is 6.07. The first kappa shape index (κ1) is 13.9. The zero-order valence-corrected chi connectivity index (χ0v) is 11.9. The van der Waals surface area contributed by atoms with Crippen molar-refractivity contribution in [3.05, 3.63) is 35.1 Å². The van der Waals surface area contributed by atoms with E-state index in [1.54, 1.807) is 20.0 Å². The summed E-state index contributed by atoms with van der Waals surface area (Å²) in [5, 5.41) is 0. The second kappa shape index (κ2) is 6.09. The van der Waals surface area contributed by atoms with Crippen LogP contribution < -0.4 is 0 Å². The molecule has 0 heterocycles. The van der Waals surface area contributed by atoms with Crippen molar-refractivity contribution in [3.63, 3.8) is 0 Å². The van der Waals surface area contributed by atoms with Crippen molar-refractivity contribution in [2.24, 2.45) is 15.9 Å². The molecule has 0 unspecified atom stereocenters. The first-order valence-corrected chi connectivity index (χ1v) is 6.90. The van der Waals surface area contributed by atoms with Gasteiger partial charge in [0.25, 0.3) is 0 Å². The molecule has 0 saturated heterocycles. The molecule has 0 amide bonds. The molecule has 0 N–H and O–H groups in total. The summed E-state index contributed by atoms with van der Waals surface area (Å²) in [4.78, 5) is 8.91. The smallest absolute Gasteiger partial charge is 0.154 e. The highest BCUT2D eigenvalue weighted by Gasteiger charge is 2.18. The summed E-state index contributed by atoms with van der Waals surface area (Å²) in [6, 6.07) is 5.04. The number of hydrogen-bond acceptors (Lipinski definition) is 1. The number of halogens is 1. The molecule has 1 aromatic rings. The molecule has 19 heavy (non-hydrogen) atoms. The van der Waals surface area contributed by atoms with E-state index in [1.807, 2.05) is 6.07 Å². The van der Waals surface area contributed by atoms with Crippen molar-refractivity contribution in [3.8, 4) is 0 Å². The van der Waals surface area contributed by atoms with Gasteiger partial charge >= 0.3 is 0 Å². The molecule has 1 aromatic carbocycles. The third-order valence-electron chi connectivity index (χ3n) is 3.86. The fourth-order valence-electron chi connectivity index (χ4n) is 2.63. The third-order valence-corrected chi connectivity index (χ3v) is 3.86. The van der Waals surface area contributed by atoms with E-state index in [0.717, 1.165) is 11.3 Å². The molecule has 0 aromatic heterocycles. The normalized spacial score (nSPS) is 18.1. The van der Waals surface area contributed by atoms with Crippen LogP contribution in [0.5, 0.6) is 0 Å². The van der Waals surface area contributed by atoms with Gasteiger partial charge in [0.15, 0.2) is 5.84 Å². The van der Waals surface area contributed by atoms with E-state index < -0.39 is 0 Å². The predicted molar refractivity (Wildman–Crippen MR) is 78.7 cm³/mol. The van der Waals surface area contributed by atoms with Crippen LogP contribution in [0.25, 0.3) is 0 Å². The van der Waals surface area contributed by atoms with Crippen LogP contribution in [0.2, 0.25) is 0 Å². The second-order valence-electron chi connectivity index (χ2n) is 5.25. The van der Waals surface area contributed by atoms with Gasteiger partial charge in [-0.25, -0.2) is 9.38 Å². The van der Waals surface area contributed by atoms with Gasteiger partial charge in [-0.15, -0.1) is 0 Å². The Hall–Kier alpha value is -1.51. The third kappa shape index (κ3) is 3.28. The van der Waals surface area contributed by atoms with Gasteiger partial charge in [0.05, 0.1) is 0 Å². The average Bonchev–Trinajstić information content (AvgIpc) is 2.93. The maximum absolute atomic E-state index is 13.3. The van der Waals surface area contributed by atoms with E-state index in [1.165, 1.54) is 31.7 Å². The van der Waals surface area contributed by atoms with Crippen LogP contribution >= 0.6 is 0 Å². The Balaban J connectivity index is 2.24. The highest BCUT2D eigenvalue weighted by atomic mass is 19.1. The minimum atomic E-state index is -0.185. The molecule has 1 aliphatic carbocycles. The lowest BCUT2D eigenvalue weighted by Gasteiger charge is -2.10. The van der Waals surface area contributed by atoms with E-state index in [2.05, 4.69) is 16.9 Å². The van der Waals surface area contributed by atoms with Gasteiger partial charge in [-0.1, -0.05) is 12.8 Å². The molecule has 0 aliphatic heterocycles. The van der Waals surface area contributed by atoms with E-state index in [0.29, 0.717) is 17.3 Å². The summed E-state index contributed by atoms with van der Waals surface area (Å²) in [5.41, 5.74) is 2.67. The molecule has 2 nitrogen and oxygen atoms in total. The molecule has 102 valence electrons. The quantitative estimate of drug-likeness (QED) is 0.563. The summed E-state index contributed by atoms with van der Waals surface area (Å²) in [7, 11) is 1.74. The topological polar surface area (TPSA) is 24.7 Å². The predicted octanol–water partition coefficient (Wildman–Crippen LogP) is 4.16. The second-order valence-corrected chi connectivity index (χ2v) is 5.25. The number of nitrogens with zero attached hydrogens (tertiary/aromatic N) is 2. The van der Waals surface area contributed by atoms with Crippen molar-refractivity contribution in [2.45, 2.75) is 39.5 Å². The molecule has 1 fully saturated rings. The van der Waals surface area contributed by atoms with Crippen molar-refractivity contribution in [2.75, 3.05) is 7.05 Å². The van der Waals surface area contributed by atoms with Crippen LogP contribution in [-0.2, 0) is 0 Å². The summed E-state index contributed by atoms with van der Waals surface area (Å²) in [5.74, 6) is 1.11. The Kier molecular flexibility index (Phi) is 4.46. The minimum absolute atomic E-state index is 0.185. The summed E-state index contributed by atoms with van der Waals surface area (Å²) < 4.78 is 13.3. The Morgan fingerprint density at radius 2 is 1.95 bits per heavy atom. The number of aryl methyl sites for hydroxylation is 1. The van der Waals surface area contributed by atoms with Gasteiger partial charge in [0.1, 0.15) is 5.82 Å². The summed E-state index contributed by atoms with van der Waals surface area (Å²) in [6.07, 6.45) is 5.06. The van der Waals surface area contributed by atoms with E-state index in [4.69, 9.17) is 0 Å². The van der Waals surface area contributed by atoms with E-state index >= 15 is 0 Å². The van der Waals surface area contributed by atoms with Crippen LogP contribution in [0.15, 0.2) is 28.2 Å². The van der Waals surface area contributed by atoms with Crippen LogP contribution in [0.3, 0.4) is 0 Å². The van der Waals surface area contributed by atoms with Crippen molar-refractivity contribution in [1.82, 2.24) is 0 Å². The fourth-order valence-corrected chi connectivity index (χ4v) is 2.63. The molecule has 0 spiro atoms. The average molecular weight is 260 g/mol. The monoisotopic (exact) mass is 260 g/mol. The molecule has 1 saturated carbocycles. The molecular weight excluding hydrogens is 239 g/mol. The molecule has 0 atom stereocenters. The Bertz CT molecular complexity index is 511. The van der Waals surface area contributed by atoms with Crippen molar-refractivity contribution < 1.29 is 4.39 Å². The number of hydrogen-bond donors (Lipinski definition) is 0. The molecule has 2 rings (SSSR count). The van der Waals surface area contributed by atoms with Crippen LogP contribution in [0.1, 0.15) is 43.7 Å². The van der Waals surface area contributed by atoms with Gasteiger partial charge in [-0.3, -0.25) is 4.99 Å². The molecule has 3 heteroatoms. The van der Waals surface area contributed by atoms with Gasteiger partial charge in [0, 0.05) is 18.3 Å². The van der Waals surface area contributed by atoms with Gasteiger partial charge in [0.2, 0.25) is 0 Å². The SMILES string of the molecule is CN=C(N=C(C)C1CCCC1)c1ccc(F)c(C)c1. The largest absolute Gasteiger partial charge is 0.270 e. The molecule has 0 bridgehead atoms. The fraction of sp³-hybridized carbons (Fsp3) is 0.500. The standard InChI is InChI=1S/C16H21FN2/c1-11-10-14(8-9-15(11)17)16(18-3)19-12(2)13-6-4-5-7-13/h8-10,13H,4-7H2,1-3H3. The number of aliphatic imine (C=N–C) groups is 2. The van der Waals surface area contributed by atoms with Crippen LogP contribution in [-0.4, -0.2) is 18.6 Å². The lowest BCUT2D eigenvalue weighted by molar-refractivity contribution is 0.618. The summed E-state index contributed by atoms with van der Waals surface area (Å²) in [6.45, 7) is 3.84. The zero-order valence-electron chi connectivity index (χ0n) is 11.9. The highest BCUT2D eigenvalue weighted by Crippen LogP contribution is 2.26. The lowest BCUT2D eigenvalue weighted by atomic mass is 10.0. The van der Waals surface area contributed by atoms with Crippen molar-refractivity contribution in [1.29, 1.82) is 0 Å². The first-order valence-electron chi connectivity index (χ1n) is 6.90. The lowest BCUT2D eigenvalue weighted by Crippen LogP contribution is -2.10. The molecule has 0 radical (unpaired) electrons. The zero-order chi connectivity index (χ0) is 13.8. The van der Waals surface area contributed by atoms with Gasteiger partial charge in [-0.2, -0.15) is 0 Å². The number of rotatable bonds is 2.